The molecule has 7 nitrogen and oxygen atoms in total. The van der Waals surface area contributed by atoms with E-state index in [0.29, 0.717) is 12.5 Å². The molecule has 8 heteroatoms. The van der Waals surface area contributed by atoms with Crippen LogP contribution < -0.4 is 4.72 Å². The van der Waals surface area contributed by atoms with E-state index in [1.54, 1.807) is 19.5 Å². The zero-order valence-corrected chi connectivity index (χ0v) is 14.7. The summed E-state index contributed by atoms with van der Waals surface area (Å²) in [5.74, 6) is 0.464. The van der Waals surface area contributed by atoms with Crippen LogP contribution >= 0.6 is 0 Å². The van der Waals surface area contributed by atoms with Crippen molar-refractivity contribution in [2.24, 2.45) is 5.92 Å². The van der Waals surface area contributed by atoms with E-state index in [2.05, 4.69) is 14.7 Å². The van der Waals surface area contributed by atoms with Crippen molar-refractivity contribution in [2.45, 2.75) is 33.0 Å². The van der Waals surface area contributed by atoms with Crippen molar-refractivity contribution in [1.29, 1.82) is 0 Å². The lowest BCUT2D eigenvalue weighted by molar-refractivity contribution is 0.215. The van der Waals surface area contributed by atoms with Crippen LogP contribution in [0.15, 0.2) is 35.3 Å². The average molecular weight is 352 g/mol. The predicted octanol–water partition coefficient (Wildman–Crippen LogP) is 1.44. The quantitative estimate of drug-likeness (QED) is 0.815. The first-order valence-corrected chi connectivity index (χ1v) is 9.92. The summed E-state index contributed by atoms with van der Waals surface area (Å²) in [6, 6.07) is 4.02. The Kier molecular flexibility index (Phi) is 5.37. The normalized spacial score (nSPS) is 19.1. The zero-order chi connectivity index (χ0) is 17.0. The van der Waals surface area contributed by atoms with Crippen LogP contribution in [0.3, 0.4) is 0 Å². The van der Waals surface area contributed by atoms with Gasteiger partial charge in [-0.1, -0.05) is 0 Å². The molecular weight excluding hydrogens is 328 g/mol. The fraction of sp³-hybridized carbons (Fsp3) is 0.562. The Labute approximate surface area is 142 Å². The van der Waals surface area contributed by atoms with Gasteiger partial charge in [-0.3, -0.25) is 9.58 Å². The standard InChI is InChI=1S/C16H24N4O3S/c1-2-24(21,22)18-7-3-14-9-19(10-15-5-8-23-13-15)12-16-4-6-17-20(16)11-14/h4-6,8,13-14,18H,2-3,7,9-12H2,1H3/t14-/m0/s1. The van der Waals surface area contributed by atoms with Crippen LogP contribution in [0, 0.1) is 5.92 Å². The third-order valence-corrected chi connectivity index (χ3v) is 5.78. The molecule has 0 saturated carbocycles. The summed E-state index contributed by atoms with van der Waals surface area (Å²) < 4.78 is 33.0. The Hall–Kier alpha value is -1.64. The largest absolute Gasteiger partial charge is 0.472 e. The van der Waals surface area contributed by atoms with Crippen molar-refractivity contribution < 1.29 is 12.8 Å². The van der Waals surface area contributed by atoms with E-state index in [-0.39, 0.29) is 5.75 Å². The average Bonchev–Trinajstić information content (AvgIpc) is 3.17. The van der Waals surface area contributed by atoms with Crippen molar-refractivity contribution in [3.8, 4) is 0 Å². The summed E-state index contributed by atoms with van der Waals surface area (Å²) in [6.45, 7) is 5.50. The lowest BCUT2D eigenvalue weighted by Gasteiger charge is -2.23. The van der Waals surface area contributed by atoms with Crippen molar-refractivity contribution >= 4 is 10.0 Å². The molecular formula is C16H24N4O3S. The highest BCUT2D eigenvalue weighted by Crippen LogP contribution is 2.20. The van der Waals surface area contributed by atoms with E-state index in [1.165, 1.54) is 5.69 Å². The molecule has 3 rings (SSSR count). The first-order valence-electron chi connectivity index (χ1n) is 8.27. The van der Waals surface area contributed by atoms with Crippen LogP contribution in [0.2, 0.25) is 0 Å². The van der Waals surface area contributed by atoms with Gasteiger partial charge in [-0.2, -0.15) is 5.10 Å². The van der Waals surface area contributed by atoms with Crippen molar-refractivity contribution in [2.75, 3.05) is 18.8 Å². The Morgan fingerprint density at radius 3 is 3.00 bits per heavy atom. The van der Waals surface area contributed by atoms with Gasteiger partial charge in [-0.05, 0) is 31.4 Å². The summed E-state index contributed by atoms with van der Waals surface area (Å²) in [5, 5.41) is 4.40. The number of aromatic nitrogens is 2. The first-order chi connectivity index (χ1) is 11.6. The second-order valence-electron chi connectivity index (χ2n) is 6.26. The van der Waals surface area contributed by atoms with Gasteiger partial charge in [0.1, 0.15) is 0 Å². The minimum atomic E-state index is -3.13. The van der Waals surface area contributed by atoms with Crippen LogP contribution in [0.5, 0.6) is 0 Å². The molecule has 0 bridgehead atoms. The van der Waals surface area contributed by atoms with Crippen molar-refractivity contribution in [1.82, 2.24) is 19.4 Å². The number of nitrogens with zero attached hydrogens (tertiary/aromatic N) is 3. The number of rotatable bonds is 7. The summed E-state index contributed by atoms with van der Waals surface area (Å²) >= 11 is 0. The van der Waals surface area contributed by atoms with Gasteiger partial charge < -0.3 is 4.42 Å². The van der Waals surface area contributed by atoms with Crippen LogP contribution in [0.4, 0.5) is 0 Å². The fourth-order valence-corrected chi connectivity index (χ4v) is 3.72. The molecule has 3 heterocycles. The molecule has 1 aliphatic heterocycles. The highest BCUT2D eigenvalue weighted by molar-refractivity contribution is 7.89. The molecule has 2 aromatic heterocycles. The van der Waals surface area contributed by atoms with Crippen LogP contribution in [0.25, 0.3) is 0 Å². The predicted molar refractivity (Wildman–Crippen MR) is 90.6 cm³/mol. The molecule has 0 radical (unpaired) electrons. The van der Waals surface area contributed by atoms with Gasteiger partial charge in [-0.15, -0.1) is 0 Å². The lowest BCUT2D eigenvalue weighted by Crippen LogP contribution is -2.32. The highest BCUT2D eigenvalue weighted by atomic mass is 32.2. The monoisotopic (exact) mass is 352 g/mol. The fourth-order valence-electron chi connectivity index (χ4n) is 3.08. The van der Waals surface area contributed by atoms with Crippen LogP contribution in [-0.4, -0.2) is 41.9 Å². The van der Waals surface area contributed by atoms with Crippen molar-refractivity contribution in [3.05, 3.63) is 42.1 Å². The molecule has 0 fully saturated rings. The van der Waals surface area contributed by atoms with Crippen LogP contribution in [-0.2, 0) is 29.7 Å². The molecule has 132 valence electrons. The first kappa shape index (κ1) is 17.2. The lowest BCUT2D eigenvalue weighted by atomic mass is 10.1. The minimum Gasteiger partial charge on any atom is -0.472 e. The number of sulfonamides is 1. The van der Waals surface area contributed by atoms with Gasteiger partial charge in [0, 0.05) is 44.5 Å². The SMILES string of the molecule is CCS(=O)(=O)NCC[C@H]1CN(Cc2ccoc2)Cc2ccnn2C1. The molecule has 0 saturated heterocycles. The number of fused-ring (bicyclic) bond motifs is 1. The van der Waals surface area contributed by atoms with E-state index < -0.39 is 10.0 Å². The number of nitrogens with one attached hydrogen (secondary N) is 1. The Morgan fingerprint density at radius 1 is 1.38 bits per heavy atom. The molecule has 0 amide bonds. The summed E-state index contributed by atoms with van der Waals surface area (Å²) in [7, 11) is -3.13. The third-order valence-electron chi connectivity index (χ3n) is 4.38. The summed E-state index contributed by atoms with van der Waals surface area (Å²) in [5.41, 5.74) is 2.34. The van der Waals surface area contributed by atoms with Gasteiger partial charge >= 0.3 is 0 Å². The molecule has 24 heavy (non-hydrogen) atoms. The van der Waals surface area contributed by atoms with E-state index in [9.17, 15) is 8.42 Å². The minimum absolute atomic E-state index is 0.119. The molecule has 0 spiro atoms. The number of hydrogen-bond acceptors (Lipinski definition) is 5. The maximum Gasteiger partial charge on any atom is 0.211 e. The molecule has 1 atom stereocenters. The second kappa shape index (κ2) is 7.50. The topological polar surface area (TPSA) is 80.4 Å². The Balaban J connectivity index is 1.65. The molecule has 1 aliphatic rings. The van der Waals surface area contributed by atoms with Gasteiger partial charge in [0.15, 0.2) is 0 Å². The maximum atomic E-state index is 11.6. The number of furan rings is 1. The molecule has 1 N–H and O–H groups in total. The van der Waals surface area contributed by atoms with Crippen molar-refractivity contribution in [3.63, 3.8) is 0 Å². The van der Waals surface area contributed by atoms with Gasteiger partial charge in [0.2, 0.25) is 10.0 Å². The van der Waals surface area contributed by atoms with Gasteiger partial charge in [0.25, 0.3) is 0 Å². The summed E-state index contributed by atoms with van der Waals surface area (Å²) in [6.07, 6.45) is 6.08. The molecule has 0 unspecified atom stereocenters. The van der Waals surface area contributed by atoms with Gasteiger partial charge in [-0.25, -0.2) is 13.1 Å². The molecule has 2 aromatic rings. The third kappa shape index (κ3) is 4.46. The van der Waals surface area contributed by atoms with E-state index in [1.807, 2.05) is 23.0 Å². The smallest absolute Gasteiger partial charge is 0.211 e. The maximum absolute atomic E-state index is 11.6. The molecule has 0 aliphatic carbocycles. The Bertz CT molecular complexity index is 739. The van der Waals surface area contributed by atoms with E-state index in [0.717, 1.165) is 38.2 Å². The molecule has 0 aromatic carbocycles. The second-order valence-corrected chi connectivity index (χ2v) is 8.35. The van der Waals surface area contributed by atoms with Crippen LogP contribution in [0.1, 0.15) is 24.6 Å². The number of hydrogen-bond donors (Lipinski definition) is 1. The highest BCUT2D eigenvalue weighted by Gasteiger charge is 2.23. The van der Waals surface area contributed by atoms with E-state index >= 15 is 0 Å². The van der Waals surface area contributed by atoms with Gasteiger partial charge in [0.05, 0.1) is 24.0 Å². The zero-order valence-electron chi connectivity index (χ0n) is 13.9. The summed E-state index contributed by atoms with van der Waals surface area (Å²) in [4.78, 5) is 2.37. The Morgan fingerprint density at radius 2 is 2.25 bits per heavy atom. The van der Waals surface area contributed by atoms with E-state index in [4.69, 9.17) is 4.42 Å².